The van der Waals surface area contributed by atoms with E-state index < -0.39 is 0 Å². The molecule has 0 aliphatic carbocycles. The van der Waals surface area contributed by atoms with E-state index in [-0.39, 0.29) is 4.83 Å². The SMILES string of the molecule is Cc1ccc(Br)cc1C(Br)c1ccc(Br)c2ccccc12. The summed E-state index contributed by atoms with van der Waals surface area (Å²) in [6, 6.07) is 19.2. The van der Waals surface area contributed by atoms with E-state index in [1.54, 1.807) is 0 Å². The molecule has 0 aliphatic heterocycles. The summed E-state index contributed by atoms with van der Waals surface area (Å²) in [7, 11) is 0. The summed E-state index contributed by atoms with van der Waals surface area (Å²) in [6.45, 7) is 2.15. The third-order valence-corrected chi connectivity index (χ3v) is 5.86. The quantitative estimate of drug-likeness (QED) is 0.350. The van der Waals surface area contributed by atoms with Gasteiger partial charge in [-0.3, -0.25) is 0 Å². The molecule has 0 heterocycles. The maximum atomic E-state index is 3.89. The second kappa shape index (κ2) is 6.23. The second-order valence-electron chi connectivity index (χ2n) is 5.05. The van der Waals surface area contributed by atoms with E-state index in [2.05, 4.69) is 109 Å². The summed E-state index contributed by atoms with van der Waals surface area (Å²) in [5, 5.41) is 2.51. The maximum Gasteiger partial charge on any atom is 0.0653 e. The molecule has 0 bridgehead atoms. The Bertz CT molecular complexity index is 809. The van der Waals surface area contributed by atoms with E-state index in [4.69, 9.17) is 0 Å². The molecule has 3 aromatic rings. The molecule has 0 nitrogen and oxygen atoms in total. The van der Waals surface area contributed by atoms with Gasteiger partial charge in [-0.15, -0.1) is 0 Å². The summed E-state index contributed by atoms with van der Waals surface area (Å²) in [4.78, 5) is 0.174. The molecular weight excluding hydrogens is 456 g/mol. The van der Waals surface area contributed by atoms with Gasteiger partial charge in [-0.1, -0.05) is 84.2 Å². The predicted octanol–water partition coefficient (Wildman–Crippen LogP) is 7.16. The van der Waals surface area contributed by atoms with E-state index >= 15 is 0 Å². The highest BCUT2D eigenvalue weighted by Gasteiger charge is 2.16. The van der Waals surface area contributed by atoms with Crippen molar-refractivity contribution in [1.29, 1.82) is 0 Å². The molecule has 3 aromatic carbocycles. The van der Waals surface area contributed by atoms with E-state index in [1.807, 2.05) is 0 Å². The zero-order valence-electron chi connectivity index (χ0n) is 11.4. The van der Waals surface area contributed by atoms with Crippen LogP contribution in [-0.2, 0) is 0 Å². The first-order chi connectivity index (χ1) is 10.1. The second-order valence-corrected chi connectivity index (χ2v) is 7.73. The first-order valence-corrected chi connectivity index (χ1v) is 9.15. The number of benzene rings is 3. The van der Waals surface area contributed by atoms with Crippen LogP contribution in [0, 0.1) is 6.92 Å². The minimum Gasteiger partial charge on any atom is -0.0786 e. The number of hydrogen-bond donors (Lipinski definition) is 0. The summed E-state index contributed by atoms with van der Waals surface area (Å²) >= 11 is 11.1. The molecular formula is C18H13Br3. The minimum atomic E-state index is 0.174. The first kappa shape index (κ1) is 15.3. The van der Waals surface area contributed by atoms with Gasteiger partial charge in [0.15, 0.2) is 0 Å². The number of fused-ring (bicyclic) bond motifs is 1. The Morgan fingerprint density at radius 2 is 1.52 bits per heavy atom. The Kier molecular flexibility index (Phi) is 4.53. The Hall–Kier alpha value is -0.640. The van der Waals surface area contributed by atoms with E-state index in [0.29, 0.717) is 0 Å². The zero-order valence-corrected chi connectivity index (χ0v) is 16.2. The molecule has 0 N–H and O–H groups in total. The molecule has 3 rings (SSSR count). The highest BCUT2D eigenvalue weighted by atomic mass is 79.9. The van der Waals surface area contributed by atoms with Crippen LogP contribution < -0.4 is 0 Å². The molecule has 0 saturated heterocycles. The molecule has 0 aliphatic rings. The molecule has 0 radical (unpaired) electrons. The fourth-order valence-electron chi connectivity index (χ4n) is 2.56. The third kappa shape index (κ3) is 2.96. The summed E-state index contributed by atoms with van der Waals surface area (Å²) < 4.78 is 2.24. The first-order valence-electron chi connectivity index (χ1n) is 6.65. The van der Waals surface area contributed by atoms with Crippen molar-refractivity contribution in [2.24, 2.45) is 0 Å². The van der Waals surface area contributed by atoms with Crippen LogP contribution >= 0.6 is 47.8 Å². The van der Waals surface area contributed by atoms with Crippen molar-refractivity contribution in [2.75, 3.05) is 0 Å². The van der Waals surface area contributed by atoms with Crippen LogP contribution in [0.2, 0.25) is 0 Å². The van der Waals surface area contributed by atoms with Gasteiger partial charge in [0.2, 0.25) is 0 Å². The number of rotatable bonds is 2. The lowest BCUT2D eigenvalue weighted by Gasteiger charge is -2.17. The van der Waals surface area contributed by atoms with Gasteiger partial charge in [0, 0.05) is 8.95 Å². The van der Waals surface area contributed by atoms with Gasteiger partial charge in [0.1, 0.15) is 0 Å². The van der Waals surface area contributed by atoms with Crippen LogP contribution in [0.3, 0.4) is 0 Å². The van der Waals surface area contributed by atoms with E-state index in [0.717, 1.165) is 8.95 Å². The molecule has 1 unspecified atom stereocenters. The van der Waals surface area contributed by atoms with Crippen LogP contribution in [0.1, 0.15) is 21.5 Å². The summed E-state index contributed by atoms with van der Waals surface area (Å²) in [6.07, 6.45) is 0. The van der Waals surface area contributed by atoms with Crippen LogP contribution in [-0.4, -0.2) is 0 Å². The summed E-state index contributed by atoms with van der Waals surface area (Å²) in [5.41, 5.74) is 3.86. The smallest absolute Gasteiger partial charge is 0.0653 e. The van der Waals surface area contributed by atoms with Gasteiger partial charge in [-0.05, 0) is 52.6 Å². The van der Waals surface area contributed by atoms with Crippen LogP contribution in [0.5, 0.6) is 0 Å². The Morgan fingerprint density at radius 1 is 0.810 bits per heavy atom. The lowest BCUT2D eigenvalue weighted by atomic mass is 9.96. The molecule has 106 valence electrons. The number of aryl methyl sites for hydroxylation is 1. The molecule has 0 saturated carbocycles. The van der Waals surface area contributed by atoms with Crippen LogP contribution in [0.25, 0.3) is 10.8 Å². The Morgan fingerprint density at radius 3 is 2.29 bits per heavy atom. The fourth-order valence-corrected chi connectivity index (χ4v) is 4.31. The Labute approximate surface area is 150 Å². The molecule has 1 atom stereocenters. The average molecular weight is 469 g/mol. The van der Waals surface area contributed by atoms with Crippen LogP contribution in [0.15, 0.2) is 63.5 Å². The molecule has 21 heavy (non-hydrogen) atoms. The molecule has 3 heteroatoms. The average Bonchev–Trinajstić information content (AvgIpc) is 2.50. The lowest BCUT2D eigenvalue weighted by molar-refractivity contribution is 1.15. The van der Waals surface area contributed by atoms with Gasteiger partial charge in [-0.2, -0.15) is 0 Å². The van der Waals surface area contributed by atoms with Crippen molar-refractivity contribution in [1.82, 2.24) is 0 Å². The van der Waals surface area contributed by atoms with Gasteiger partial charge in [0.05, 0.1) is 4.83 Å². The fraction of sp³-hybridized carbons (Fsp3) is 0.111. The maximum absolute atomic E-state index is 3.89. The third-order valence-electron chi connectivity index (χ3n) is 3.69. The lowest BCUT2D eigenvalue weighted by Crippen LogP contribution is -1.97. The van der Waals surface area contributed by atoms with Crippen LogP contribution in [0.4, 0.5) is 0 Å². The normalized spacial score (nSPS) is 12.6. The minimum absolute atomic E-state index is 0.174. The monoisotopic (exact) mass is 466 g/mol. The Balaban J connectivity index is 2.20. The standard InChI is InChI=1S/C18H13Br3/c1-11-6-7-12(19)10-16(11)18(21)15-8-9-17(20)14-5-3-2-4-13(14)15/h2-10,18H,1H3. The van der Waals surface area contributed by atoms with Gasteiger partial charge in [0.25, 0.3) is 0 Å². The van der Waals surface area contributed by atoms with Crippen molar-refractivity contribution in [3.8, 4) is 0 Å². The molecule has 0 amide bonds. The molecule has 0 fully saturated rings. The number of hydrogen-bond acceptors (Lipinski definition) is 0. The molecule has 0 aromatic heterocycles. The van der Waals surface area contributed by atoms with E-state index in [1.165, 1.54) is 27.5 Å². The van der Waals surface area contributed by atoms with Crippen molar-refractivity contribution >= 4 is 58.6 Å². The van der Waals surface area contributed by atoms with Crippen molar-refractivity contribution in [2.45, 2.75) is 11.8 Å². The van der Waals surface area contributed by atoms with Gasteiger partial charge in [-0.25, -0.2) is 0 Å². The van der Waals surface area contributed by atoms with E-state index in [9.17, 15) is 0 Å². The van der Waals surface area contributed by atoms with Crippen molar-refractivity contribution < 1.29 is 0 Å². The molecule has 0 spiro atoms. The topological polar surface area (TPSA) is 0 Å². The van der Waals surface area contributed by atoms with Gasteiger partial charge >= 0.3 is 0 Å². The number of halogens is 3. The highest BCUT2D eigenvalue weighted by molar-refractivity contribution is 9.11. The predicted molar refractivity (Wildman–Crippen MR) is 101 cm³/mol. The zero-order chi connectivity index (χ0) is 15.0. The van der Waals surface area contributed by atoms with Gasteiger partial charge < -0.3 is 0 Å². The largest absolute Gasteiger partial charge is 0.0786 e. The number of alkyl halides is 1. The highest BCUT2D eigenvalue weighted by Crippen LogP contribution is 2.39. The summed E-state index contributed by atoms with van der Waals surface area (Å²) in [5.74, 6) is 0. The van der Waals surface area contributed by atoms with Crippen molar-refractivity contribution in [3.63, 3.8) is 0 Å². The van der Waals surface area contributed by atoms with Crippen molar-refractivity contribution in [3.05, 3.63) is 80.2 Å².